The number of nitrogens with one attached hydrogen (secondary N) is 1. The molecule has 0 aliphatic carbocycles. The summed E-state index contributed by atoms with van der Waals surface area (Å²) in [5, 5.41) is 5.31. The van der Waals surface area contributed by atoms with Crippen LogP contribution in [0.5, 0.6) is 0 Å². The molecule has 1 aromatic carbocycles. The maximum atomic E-state index is 5.94. The molecule has 0 radical (unpaired) electrons. The second kappa shape index (κ2) is 5.50. The van der Waals surface area contributed by atoms with Crippen molar-refractivity contribution in [1.29, 1.82) is 0 Å². The first-order valence-electron chi connectivity index (χ1n) is 7.17. The molecule has 22 heavy (non-hydrogen) atoms. The van der Waals surface area contributed by atoms with Crippen molar-refractivity contribution in [2.24, 2.45) is 0 Å². The van der Waals surface area contributed by atoms with E-state index in [9.17, 15) is 0 Å². The summed E-state index contributed by atoms with van der Waals surface area (Å²) in [6, 6.07) is 7.67. The normalized spacial score (nSPS) is 15.0. The lowest BCUT2D eigenvalue weighted by atomic mass is 10.1. The van der Waals surface area contributed by atoms with Crippen molar-refractivity contribution in [3.05, 3.63) is 46.1 Å². The number of likely N-dealkylation sites (N-methyl/N-ethyl adjacent to an activating group) is 1. The van der Waals surface area contributed by atoms with E-state index in [1.165, 1.54) is 15.8 Å². The quantitative estimate of drug-likeness (QED) is 0.768. The molecule has 0 saturated carbocycles. The molecule has 0 atom stereocenters. The highest BCUT2D eigenvalue weighted by atomic mass is 35.5. The lowest BCUT2D eigenvalue weighted by Gasteiger charge is -2.22. The highest BCUT2D eigenvalue weighted by Gasteiger charge is 2.22. The zero-order chi connectivity index (χ0) is 15.1. The number of rotatable bonds is 2. The highest BCUT2D eigenvalue weighted by molar-refractivity contribution is 7.19. The van der Waals surface area contributed by atoms with Gasteiger partial charge in [-0.2, -0.15) is 0 Å². The Labute approximate surface area is 137 Å². The van der Waals surface area contributed by atoms with Crippen LogP contribution in [0.25, 0.3) is 10.2 Å². The average molecular weight is 331 g/mol. The number of anilines is 2. The smallest absolute Gasteiger partial charge is 0.142 e. The van der Waals surface area contributed by atoms with Gasteiger partial charge in [-0.05, 0) is 43.3 Å². The van der Waals surface area contributed by atoms with Gasteiger partial charge in [0.15, 0.2) is 0 Å². The van der Waals surface area contributed by atoms with Crippen molar-refractivity contribution in [3.8, 4) is 0 Å². The van der Waals surface area contributed by atoms with Crippen LogP contribution in [0.2, 0.25) is 5.02 Å². The van der Waals surface area contributed by atoms with Gasteiger partial charge in [-0.15, -0.1) is 11.3 Å². The molecular weight excluding hydrogens is 316 g/mol. The fourth-order valence-electron chi connectivity index (χ4n) is 2.82. The van der Waals surface area contributed by atoms with Gasteiger partial charge in [-0.3, -0.25) is 0 Å². The van der Waals surface area contributed by atoms with Gasteiger partial charge in [0.25, 0.3) is 0 Å². The minimum absolute atomic E-state index is 0.731. The first-order valence-corrected chi connectivity index (χ1v) is 8.36. The molecule has 3 aromatic rings. The molecule has 6 heteroatoms. The Hall–Kier alpha value is -1.69. The predicted octanol–water partition coefficient (Wildman–Crippen LogP) is 4.08. The van der Waals surface area contributed by atoms with E-state index in [0.29, 0.717) is 0 Å². The molecule has 2 aromatic heterocycles. The standard InChI is InChI=1S/C16H15ClN4S/c1-21-7-6-12-13(8-21)22-16-14(12)15(18-9-19-16)20-11-4-2-10(17)3-5-11/h2-5,9H,6-8H2,1H3,(H,18,19,20). The molecule has 1 N–H and O–H groups in total. The van der Waals surface area contributed by atoms with E-state index in [1.807, 2.05) is 24.3 Å². The molecule has 4 rings (SSSR count). The van der Waals surface area contributed by atoms with Gasteiger partial charge in [0.05, 0.1) is 5.39 Å². The maximum absolute atomic E-state index is 5.94. The topological polar surface area (TPSA) is 41.1 Å². The molecule has 0 unspecified atom stereocenters. The van der Waals surface area contributed by atoms with Crippen molar-refractivity contribution < 1.29 is 0 Å². The van der Waals surface area contributed by atoms with Crippen molar-refractivity contribution >= 4 is 44.7 Å². The summed E-state index contributed by atoms with van der Waals surface area (Å²) in [7, 11) is 2.16. The van der Waals surface area contributed by atoms with E-state index in [2.05, 4.69) is 27.2 Å². The molecule has 1 aliphatic rings. The van der Waals surface area contributed by atoms with E-state index in [1.54, 1.807) is 17.7 Å². The number of nitrogens with zero attached hydrogens (tertiary/aromatic N) is 3. The van der Waals surface area contributed by atoms with Crippen LogP contribution in [0.1, 0.15) is 10.4 Å². The largest absolute Gasteiger partial charge is 0.340 e. The predicted molar refractivity (Wildman–Crippen MR) is 92.2 cm³/mol. The Kier molecular flexibility index (Phi) is 3.48. The number of halogens is 1. The van der Waals surface area contributed by atoms with E-state index in [0.717, 1.165) is 40.9 Å². The fraction of sp³-hybridized carbons (Fsp3) is 0.250. The number of benzene rings is 1. The van der Waals surface area contributed by atoms with Crippen LogP contribution in [0.15, 0.2) is 30.6 Å². The summed E-state index contributed by atoms with van der Waals surface area (Å²) < 4.78 is 0. The summed E-state index contributed by atoms with van der Waals surface area (Å²) in [6.45, 7) is 2.07. The molecule has 1 aliphatic heterocycles. The SMILES string of the molecule is CN1CCc2c(sc3ncnc(Nc4ccc(Cl)cc4)c23)C1. The monoisotopic (exact) mass is 330 g/mol. The van der Waals surface area contributed by atoms with Crippen molar-refractivity contribution in [3.63, 3.8) is 0 Å². The molecule has 0 saturated heterocycles. The number of aromatic nitrogens is 2. The Balaban J connectivity index is 1.79. The van der Waals surface area contributed by atoms with Crippen LogP contribution in [0, 0.1) is 0 Å². The van der Waals surface area contributed by atoms with Gasteiger partial charge < -0.3 is 10.2 Å². The molecule has 3 heterocycles. The lowest BCUT2D eigenvalue weighted by molar-refractivity contribution is 0.318. The third-order valence-electron chi connectivity index (χ3n) is 3.93. The van der Waals surface area contributed by atoms with E-state index < -0.39 is 0 Å². The van der Waals surface area contributed by atoms with Crippen LogP contribution in [-0.2, 0) is 13.0 Å². The minimum atomic E-state index is 0.731. The summed E-state index contributed by atoms with van der Waals surface area (Å²) >= 11 is 7.72. The van der Waals surface area contributed by atoms with Crippen molar-refractivity contribution in [2.45, 2.75) is 13.0 Å². The van der Waals surface area contributed by atoms with Crippen molar-refractivity contribution in [2.75, 3.05) is 18.9 Å². The van der Waals surface area contributed by atoms with Crippen molar-refractivity contribution in [1.82, 2.24) is 14.9 Å². The van der Waals surface area contributed by atoms with Crippen LogP contribution in [0.3, 0.4) is 0 Å². The summed E-state index contributed by atoms with van der Waals surface area (Å²) in [6.07, 6.45) is 2.68. The van der Waals surface area contributed by atoms with Crippen LogP contribution in [0.4, 0.5) is 11.5 Å². The molecule has 112 valence electrons. The third-order valence-corrected chi connectivity index (χ3v) is 5.31. The number of hydrogen-bond acceptors (Lipinski definition) is 5. The molecule has 4 nitrogen and oxygen atoms in total. The van der Waals surface area contributed by atoms with Gasteiger partial charge in [-0.25, -0.2) is 9.97 Å². The summed E-state index contributed by atoms with van der Waals surface area (Å²) in [5.74, 6) is 0.884. The zero-order valence-corrected chi connectivity index (χ0v) is 13.7. The maximum Gasteiger partial charge on any atom is 0.142 e. The van der Waals surface area contributed by atoms with Gasteiger partial charge in [0.2, 0.25) is 0 Å². The van der Waals surface area contributed by atoms with E-state index >= 15 is 0 Å². The molecule has 0 amide bonds. The third kappa shape index (κ3) is 2.45. The molecule has 0 fully saturated rings. The first-order chi connectivity index (χ1) is 10.7. The van der Waals surface area contributed by atoms with E-state index in [4.69, 9.17) is 11.6 Å². The molecular formula is C16H15ClN4S. The number of thiophene rings is 1. The lowest BCUT2D eigenvalue weighted by Crippen LogP contribution is -2.25. The molecule has 0 bridgehead atoms. The first kappa shape index (κ1) is 13.9. The highest BCUT2D eigenvalue weighted by Crippen LogP contribution is 2.37. The van der Waals surface area contributed by atoms with Gasteiger partial charge >= 0.3 is 0 Å². The van der Waals surface area contributed by atoms with Crippen LogP contribution in [-0.4, -0.2) is 28.5 Å². The van der Waals surface area contributed by atoms with Crippen LogP contribution < -0.4 is 5.32 Å². The van der Waals surface area contributed by atoms with Gasteiger partial charge in [-0.1, -0.05) is 11.6 Å². The van der Waals surface area contributed by atoms with Gasteiger partial charge in [0.1, 0.15) is 17.0 Å². The van der Waals surface area contributed by atoms with E-state index in [-0.39, 0.29) is 0 Å². The average Bonchev–Trinajstić information content (AvgIpc) is 2.88. The fourth-order valence-corrected chi connectivity index (χ4v) is 4.21. The van der Waals surface area contributed by atoms with Crippen LogP contribution >= 0.6 is 22.9 Å². The Bertz CT molecular complexity index is 828. The Morgan fingerprint density at radius 1 is 1.23 bits per heavy atom. The number of hydrogen-bond donors (Lipinski definition) is 1. The second-order valence-corrected chi connectivity index (χ2v) is 7.05. The number of fused-ring (bicyclic) bond motifs is 3. The Morgan fingerprint density at radius 3 is 2.86 bits per heavy atom. The second-order valence-electron chi connectivity index (χ2n) is 5.53. The summed E-state index contributed by atoms with van der Waals surface area (Å²) in [4.78, 5) is 13.7. The zero-order valence-electron chi connectivity index (χ0n) is 12.1. The van der Waals surface area contributed by atoms with Gasteiger partial charge in [0, 0.05) is 28.7 Å². The minimum Gasteiger partial charge on any atom is -0.340 e. The molecule has 0 spiro atoms. The Morgan fingerprint density at radius 2 is 2.05 bits per heavy atom. The summed E-state index contributed by atoms with van der Waals surface area (Å²) in [5.41, 5.74) is 2.38.